The average Bonchev–Trinajstić information content (AvgIpc) is 3.29. The van der Waals surface area contributed by atoms with Crippen molar-refractivity contribution in [2.75, 3.05) is 25.1 Å². The number of methoxy groups -OCH3 is 1. The first-order valence-electron chi connectivity index (χ1n) is 12.8. The molecule has 1 unspecified atom stereocenters. The first-order valence-corrected chi connectivity index (χ1v) is 12.8. The number of carbonyl (C=O) groups is 1. The summed E-state index contributed by atoms with van der Waals surface area (Å²) in [5, 5.41) is 4.87. The predicted octanol–water partition coefficient (Wildman–Crippen LogP) is 4.18. The van der Waals surface area contributed by atoms with E-state index >= 15 is 0 Å². The molecule has 2 aromatic heterocycles. The van der Waals surface area contributed by atoms with Gasteiger partial charge in [-0.15, -0.1) is 0 Å². The smallest absolute Gasteiger partial charge is 0.278 e. The number of amides is 1. The van der Waals surface area contributed by atoms with Crippen molar-refractivity contribution in [3.8, 4) is 17.0 Å². The molecule has 1 saturated heterocycles. The molecule has 2 aromatic carbocycles. The second-order valence-corrected chi connectivity index (χ2v) is 9.78. The van der Waals surface area contributed by atoms with E-state index in [1.54, 1.807) is 7.11 Å². The van der Waals surface area contributed by atoms with E-state index in [2.05, 4.69) is 9.88 Å². The van der Waals surface area contributed by atoms with Crippen LogP contribution < -0.4 is 20.9 Å². The van der Waals surface area contributed by atoms with Crippen LogP contribution in [0.2, 0.25) is 0 Å². The molecule has 1 fully saturated rings. The van der Waals surface area contributed by atoms with Crippen LogP contribution in [0.15, 0.2) is 53.3 Å². The normalized spacial score (nSPS) is 14.6. The molecule has 5 rings (SSSR count). The number of aromatic amines is 1. The predicted molar refractivity (Wildman–Crippen MR) is 145 cm³/mol. The zero-order valence-corrected chi connectivity index (χ0v) is 21.6. The number of nitrogens with one attached hydrogen (secondary N) is 1. The highest BCUT2D eigenvalue weighted by Gasteiger charge is 2.27. The number of H-pyrrole nitrogens is 1. The van der Waals surface area contributed by atoms with E-state index < -0.39 is 5.91 Å². The maximum absolute atomic E-state index is 14.0. The zero-order valence-electron chi connectivity index (χ0n) is 21.6. The molecule has 1 aliphatic heterocycles. The molecular formula is C29H33N5O3. The fraction of sp³-hybridized carbons (Fsp3) is 0.345. The van der Waals surface area contributed by atoms with Crippen molar-refractivity contribution in [1.82, 2.24) is 14.6 Å². The Morgan fingerprint density at radius 3 is 2.54 bits per heavy atom. The summed E-state index contributed by atoms with van der Waals surface area (Å²) >= 11 is 0. The number of piperidine rings is 1. The number of aromatic nitrogens is 3. The second kappa shape index (κ2) is 10.1. The summed E-state index contributed by atoms with van der Waals surface area (Å²) in [4.78, 5) is 31.5. The van der Waals surface area contributed by atoms with Crippen LogP contribution in [0.4, 0.5) is 5.69 Å². The first kappa shape index (κ1) is 24.6. The van der Waals surface area contributed by atoms with Gasteiger partial charge in [-0.25, -0.2) is 0 Å². The van der Waals surface area contributed by atoms with Gasteiger partial charge in [0.05, 0.1) is 13.5 Å². The zero-order chi connectivity index (χ0) is 26.1. The molecule has 0 saturated carbocycles. The summed E-state index contributed by atoms with van der Waals surface area (Å²) in [7, 11) is 1.56. The number of primary amides is 1. The third-order valence-corrected chi connectivity index (χ3v) is 7.31. The number of fused-ring (bicyclic) bond motifs is 1. The summed E-state index contributed by atoms with van der Waals surface area (Å²) in [5.74, 6) is -0.0798. The molecule has 37 heavy (non-hydrogen) atoms. The standard InChI is InChI=1S/C29H33N5O3/c1-18(21-12-13-23(37-3)22(16-21)17-24(30)35)25-19(2)31-28-27(33-14-8-5-9-15-33)26(32-34(28)29(25)36)20-10-6-4-7-11-20/h4,6-7,10-13,16,18,31H,5,8-9,14-15,17H2,1-3H3,(H2,30,35). The molecule has 0 spiro atoms. The van der Waals surface area contributed by atoms with Gasteiger partial charge in [-0.05, 0) is 37.8 Å². The van der Waals surface area contributed by atoms with Gasteiger partial charge in [-0.1, -0.05) is 49.4 Å². The molecule has 3 heterocycles. The number of aryl methyl sites for hydroxylation is 1. The van der Waals surface area contributed by atoms with Gasteiger partial charge >= 0.3 is 0 Å². The molecule has 4 aromatic rings. The van der Waals surface area contributed by atoms with Crippen molar-refractivity contribution in [3.05, 3.63) is 81.3 Å². The average molecular weight is 500 g/mol. The lowest BCUT2D eigenvalue weighted by Crippen LogP contribution is -2.30. The largest absolute Gasteiger partial charge is 0.496 e. The molecule has 8 nitrogen and oxygen atoms in total. The van der Waals surface area contributed by atoms with Crippen LogP contribution in [-0.2, 0) is 11.2 Å². The monoisotopic (exact) mass is 499 g/mol. The number of hydrogen-bond donors (Lipinski definition) is 2. The van der Waals surface area contributed by atoms with Crippen LogP contribution in [0, 0.1) is 6.92 Å². The Labute approximate surface area is 216 Å². The number of nitrogens with zero attached hydrogens (tertiary/aromatic N) is 3. The number of rotatable bonds is 7. The third kappa shape index (κ3) is 4.59. The summed E-state index contributed by atoms with van der Waals surface area (Å²) < 4.78 is 6.94. The van der Waals surface area contributed by atoms with Crippen LogP contribution >= 0.6 is 0 Å². The second-order valence-electron chi connectivity index (χ2n) is 9.78. The molecular weight excluding hydrogens is 466 g/mol. The van der Waals surface area contributed by atoms with Crippen LogP contribution in [0.25, 0.3) is 16.9 Å². The van der Waals surface area contributed by atoms with Gasteiger partial charge < -0.3 is 20.4 Å². The molecule has 3 N–H and O–H groups in total. The van der Waals surface area contributed by atoms with Gasteiger partial charge in [0, 0.05) is 41.4 Å². The Balaban J connectivity index is 1.67. The van der Waals surface area contributed by atoms with Crippen LogP contribution in [0.3, 0.4) is 0 Å². The van der Waals surface area contributed by atoms with Gasteiger partial charge in [-0.3, -0.25) is 9.59 Å². The molecule has 192 valence electrons. The molecule has 0 radical (unpaired) electrons. The summed E-state index contributed by atoms with van der Waals surface area (Å²) in [6.07, 6.45) is 3.52. The molecule has 0 bridgehead atoms. The Hall–Kier alpha value is -4.07. The SMILES string of the molecule is COc1ccc(C(C)c2c(C)[nH]c3c(N4CCCCC4)c(-c4ccccc4)nn3c2=O)cc1CC(N)=O. The summed E-state index contributed by atoms with van der Waals surface area (Å²) in [6, 6.07) is 15.7. The lowest BCUT2D eigenvalue weighted by molar-refractivity contribution is -0.117. The van der Waals surface area contributed by atoms with Gasteiger partial charge in [0.25, 0.3) is 5.56 Å². The fourth-order valence-electron chi connectivity index (χ4n) is 5.47. The number of ether oxygens (including phenoxy) is 1. The summed E-state index contributed by atoms with van der Waals surface area (Å²) in [5.41, 5.74) is 11.9. The minimum Gasteiger partial charge on any atom is -0.496 e. The van der Waals surface area contributed by atoms with Crippen molar-refractivity contribution in [2.24, 2.45) is 5.73 Å². The number of benzene rings is 2. The molecule has 1 amide bonds. The Bertz CT molecular complexity index is 1500. The van der Waals surface area contributed by atoms with E-state index in [0.29, 0.717) is 16.9 Å². The Morgan fingerprint density at radius 1 is 1.14 bits per heavy atom. The number of hydrogen-bond acceptors (Lipinski definition) is 5. The van der Waals surface area contributed by atoms with E-state index in [4.69, 9.17) is 15.6 Å². The Kier molecular flexibility index (Phi) is 6.74. The first-order chi connectivity index (χ1) is 17.9. The quantitative estimate of drug-likeness (QED) is 0.397. The molecule has 1 atom stereocenters. The lowest BCUT2D eigenvalue weighted by Gasteiger charge is -2.28. The van der Waals surface area contributed by atoms with E-state index in [0.717, 1.165) is 59.8 Å². The van der Waals surface area contributed by atoms with Gasteiger partial charge in [-0.2, -0.15) is 9.61 Å². The number of carbonyl (C=O) groups excluding carboxylic acids is 1. The van der Waals surface area contributed by atoms with Crippen LogP contribution in [-0.4, -0.2) is 40.7 Å². The Morgan fingerprint density at radius 2 is 1.86 bits per heavy atom. The fourth-order valence-corrected chi connectivity index (χ4v) is 5.47. The van der Waals surface area contributed by atoms with Crippen molar-refractivity contribution >= 4 is 17.2 Å². The van der Waals surface area contributed by atoms with Gasteiger partial charge in [0.1, 0.15) is 17.1 Å². The van der Waals surface area contributed by atoms with Crippen molar-refractivity contribution in [3.63, 3.8) is 0 Å². The maximum atomic E-state index is 14.0. The van der Waals surface area contributed by atoms with Gasteiger partial charge in [0.2, 0.25) is 5.91 Å². The van der Waals surface area contributed by atoms with Crippen LogP contribution in [0.1, 0.15) is 54.5 Å². The van der Waals surface area contributed by atoms with Crippen molar-refractivity contribution < 1.29 is 9.53 Å². The van der Waals surface area contributed by atoms with E-state index in [9.17, 15) is 9.59 Å². The highest BCUT2D eigenvalue weighted by molar-refractivity contribution is 5.86. The van der Waals surface area contributed by atoms with Crippen molar-refractivity contribution in [2.45, 2.75) is 45.4 Å². The third-order valence-electron chi connectivity index (χ3n) is 7.31. The molecule has 0 aliphatic carbocycles. The number of anilines is 1. The highest BCUT2D eigenvalue weighted by Crippen LogP contribution is 2.36. The minimum atomic E-state index is -0.436. The maximum Gasteiger partial charge on any atom is 0.278 e. The van der Waals surface area contributed by atoms with E-state index in [1.807, 2.05) is 62.4 Å². The van der Waals surface area contributed by atoms with Gasteiger partial charge in [0.15, 0.2) is 5.65 Å². The van der Waals surface area contributed by atoms with Crippen LogP contribution in [0.5, 0.6) is 5.75 Å². The highest BCUT2D eigenvalue weighted by atomic mass is 16.5. The minimum absolute atomic E-state index is 0.0664. The van der Waals surface area contributed by atoms with E-state index in [1.165, 1.54) is 10.9 Å². The summed E-state index contributed by atoms with van der Waals surface area (Å²) in [6.45, 7) is 5.81. The van der Waals surface area contributed by atoms with Crippen molar-refractivity contribution in [1.29, 1.82) is 0 Å². The number of nitrogens with two attached hydrogens (primary N) is 1. The lowest BCUT2D eigenvalue weighted by atomic mass is 9.91. The molecule has 1 aliphatic rings. The van der Waals surface area contributed by atoms with E-state index in [-0.39, 0.29) is 17.9 Å². The molecule has 8 heteroatoms. The topological polar surface area (TPSA) is 106 Å².